The average Bonchev–Trinajstić information content (AvgIpc) is 2.42. The molecule has 1 heterocycles. The van der Waals surface area contributed by atoms with Crippen LogP contribution in [0.1, 0.15) is 58.2 Å². The van der Waals surface area contributed by atoms with Crippen molar-refractivity contribution in [1.29, 1.82) is 0 Å². The van der Waals surface area contributed by atoms with Gasteiger partial charge in [-0.3, -0.25) is 4.68 Å². The zero-order valence-electron chi connectivity index (χ0n) is 11.1. The topological polar surface area (TPSA) is 38.1 Å². The van der Waals surface area contributed by atoms with Crippen LogP contribution in [0.15, 0.2) is 0 Å². The zero-order valence-corrected chi connectivity index (χ0v) is 11.1. The molecule has 1 aromatic rings. The molecule has 0 radical (unpaired) electrons. The molecule has 1 rings (SSSR count). The molecule has 0 saturated heterocycles. The van der Waals surface area contributed by atoms with Crippen molar-refractivity contribution in [3.8, 4) is 5.88 Å². The first-order chi connectivity index (χ1) is 7.47. The Hall–Kier alpha value is -0.990. The SMILES string of the molecule is CCCc1c(O)nn(CC(C)C)c1C(C)C. The lowest BCUT2D eigenvalue weighted by molar-refractivity contribution is 0.413. The van der Waals surface area contributed by atoms with Gasteiger partial charge in [-0.1, -0.05) is 41.0 Å². The molecule has 0 aliphatic heterocycles. The highest BCUT2D eigenvalue weighted by molar-refractivity contribution is 5.32. The van der Waals surface area contributed by atoms with E-state index < -0.39 is 0 Å². The summed E-state index contributed by atoms with van der Waals surface area (Å²) >= 11 is 0. The van der Waals surface area contributed by atoms with Crippen molar-refractivity contribution in [3.63, 3.8) is 0 Å². The van der Waals surface area contributed by atoms with Gasteiger partial charge < -0.3 is 5.11 Å². The molecule has 3 nitrogen and oxygen atoms in total. The predicted octanol–water partition coefficient (Wildman–Crippen LogP) is 3.32. The van der Waals surface area contributed by atoms with E-state index in [2.05, 4.69) is 39.7 Å². The van der Waals surface area contributed by atoms with Crippen LogP contribution in [0.5, 0.6) is 5.88 Å². The van der Waals surface area contributed by atoms with E-state index in [9.17, 15) is 5.11 Å². The maximum atomic E-state index is 9.87. The number of aromatic nitrogens is 2. The van der Waals surface area contributed by atoms with E-state index in [-0.39, 0.29) is 5.88 Å². The first-order valence-corrected chi connectivity index (χ1v) is 6.25. The summed E-state index contributed by atoms with van der Waals surface area (Å²) < 4.78 is 1.98. The van der Waals surface area contributed by atoms with Crippen molar-refractivity contribution in [1.82, 2.24) is 9.78 Å². The maximum absolute atomic E-state index is 9.87. The van der Waals surface area contributed by atoms with E-state index >= 15 is 0 Å². The second kappa shape index (κ2) is 5.37. The van der Waals surface area contributed by atoms with Crippen LogP contribution in [0.2, 0.25) is 0 Å². The molecule has 0 atom stereocenters. The van der Waals surface area contributed by atoms with Crippen LogP contribution in [0.25, 0.3) is 0 Å². The van der Waals surface area contributed by atoms with Crippen molar-refractivity contribution >= 4 is 0 Å². The molecule has 0 aliphatic carbocycles. The molecule has 1 N–H and O–H groups in total. The molecule has 92 valence electrons. The minimum absolute atomic E-state index is 0.228. The van der Waals surface area contributed by atoms with Crippen LogP contribution in [-0.4, -0.2) is 14.9 Å². The quantitative estimate of drug-likeness (QED) is 0.833. The number of hydrogen-bond donors (Lipinski definition) is 1. The summed E-state index contributed by atoms with van der Waals surface area (Å²) in [5, 5.41) is 14.1. The minimum Gasteiger partial charge on any atom is -0.492 e. The third-order valence-electron chi connectivity index (χ3n) is 2.66. The van der Waals surface area contributed by atoms with Gasteiger partial charge in [0.15, 0.2) is 0 Å². The summed E-state index contributed by atoms with van der Waals surface area (Å²) in [7, 11) is 0. The number of hydrogen-bond acceptors (Lipinski definition) is 2. The van der Waals surface area contributed by atoms with Crippen molar-refractivity contribution < 1.29 is 5.11 Å². The Morgan fingerprint density at radius 3 is 2.31 bits per heavy atom. The lowest BCUT2D eigenvalue weighted by Gasteiger charge is -2.13. The summed E-state index contributed by atoms with van der Waals surface area (Å²) in [6, 6.07) is 0. The lowest BCUT2D eigenvalue weighted by atomic mass is 10.0. The summed E-state index contributed by atoms with van der Waals surface area (Å²) in [6.07, 6.45) is 1.96. The van der Waals surface area contributed by atoms with Gasteiger partial charge in [0.1, 0.15) is 0 Å². The molecule has 0 aromatic carbocycles. The fraction of sp³-hybridized carbons (Fsp3) is 0.769. The van der Waals surface area contributed by atoms with Crippen molar-refractivity contribution in [2.24, 2.45) is 5.92 Å². The summed E-state index contributed by atoms with van der Waals surface area (Å²) in [5.74, 6) is 1.19. The minimum atomic E-state index is 0.228. The van der Waals surface area contributed by atoms with E-state index in [1.165, 1.54) is 5.69 Å². The lowest BCUT2D eigenvalue weighted by Crippen LogP contribution is -2.11. The largest absolute Gasteiger partial charge is 0.492 e. The molecule has 0 spiro atoms. The molecule has 0 fully saturated rings. The van der Waals surface area contributed by atoms with E-state index in [4.69, 9.17) is 0 Å². The van der Waals surface area contributed by atoms with Gasteiger partial charge in [-0.15, -0.1) is 5.10 Å². The molecular formula is C13H24N2O. The normalized spacial score (nSPS) is 11.7. The highest BCUT2D eigenvalue weighted by Crippen LogP contribution is 2.28. The fourth-order valence-corrected chi connectivity index (χ4v) is 2.12. The van der Waals surface area contributed by atoms with E-state index in [0.717, 1.165) is 24.9 Å². The Bertz CT molecular complexity index is 340. The number of aromatic hydroxyl groups is 1. The Morgan fingerprint density at radius 2 is 1.88 bits per heavy atom. The van der Waals surface area contributed by atoms with E-state index in [1.54, 1.807) is 0 Å². The Labute approximate surface area is 98.5 Å². The van der Waals surface area contributed by atoms with Crippen LogP contribution in [0, 0.1) is 5.92 Å². The molecule has 3 heteroatoms. The number of nitrogens with zero attached hydrogens (tertiary/aromatic N) is 2. The molecule has 16 heavy (non-hydrogen) atoms. The second-order valence-electron chi connectivity index (χ2n) is 5.17. The van der Waals surface area contributed by atoms with Crippen LogP contribution < -0.4 is 0 Å². The van der Waals surface area contributed by atoms with Gasteiger partial charge in [0.05, 0.1) is 0 Å². The maximum Gasteiger partial charge on any atom is 0.233 e. The fourth-order valence-electron chi connectivity index (χ4n) is 2.12. The van der Waals surface area contributed by atoms with Crippen molar-refractivity contribution in [2.75, 3.05) is 0 Å². The van der Waals surface area contributed by atoms with Crippen LogP contribution in [0.3, 0.4) is 0 Å². The Morgan fingerprint density at radius 1 is 1.25 bits per heavy atom. The van der Waals surface area contributed by atoms with Crippen molar-refractivity contribution in [3.05, 3.63) is 11.3 Å². The van der Waals surface area contributed by atoms with Crippen molar-refractivity contribution in [2.45, 2.75) is 59.9 Å². The molecule has 0 bridgehead atoms. The third-order valence-corrected chi connectivity index (χ3v) is 2.66. The molecule has 0 aliphatic rings. The molecule has 0 amide bonds. The van der Waals surface area contributed by atoms with Crippen LogP contribution in [0.4, 0.5) is 0 Å². The van der Waals surface area contributed by atoms with Crippen LogP contribution >= 0.6 is 0 Å². The summed E-state index contributed by atoms with van der Waals surface area (Å²) in [4.78, 5) is 0. The highest BCUT2D eigenvalue weighted by atomic mass is 16.3. The molecular weight excluding hydrogens is 200 g/mol. The van der Waals surface area contributed by atoms with Gasteiger partial charge in [-0.05, 0) is 18.3 Å². The third kappa shape index (κ3) is 2.77. The standard InChI is InChI=1S/C13H24N2O/c1-6-7-11-12(10(4)5)15(8-9(2)3)14-13(11)16/h9-10H,6-8H2,1-5H3,(H,14,16). The van der Waals surface area contributed by atoms with Gasteiger partial charge >= 0.3 is 0 Å². The smallest absolute Gasteiger partial charge is 0.233 e. The molecule has 0 saturated carbocycles. The van der Waals surface area contributed by atoms with Gasteiger partial charge in [0.2, 0.25) is 5.88 Å². The van der Waals surface area contributed by atoms with Gasteiger partial charge in [0.25, 0.3) is 0 Å². The second-order valence-corrected chi connectivity index (χ2v) is 5.17. The average molecular weight is 224 g/mol. The molecule has 1 aromatic heterocycles. The van der Waals surface area contributed by atoms with Gasteiger partial charge in [-0.25, -0.2) is 0 Å². The van der Waals surface area contributed by atoms with E-state index in [0.29, 0.717) is 11.8 Å². The first kappa shape index (κ1) is 13.1. The highest BCUT2D eigenvalue weighted by Gasteiger charge is 2.19. The zero-order chi connectivity index (χ0) is 12.3. The van der Waals surface area contributed by atoms with Gasteiger partial charge in [-0.2, -0.15) is 0 Å². The monoisotopic (exact) mass is 224 g/mol. The Balaban J connectivity index is 3.12. The first-order valence-electron chi connectivity index (χ1n) is 6.25. The van der Waals surface area contributed by atoms with Gasteiger partial charge in [0, 0.05) is 17.8 Å². The summed E-state index contributed by atoms with van der Waals surface area (Å²) in [5.41, 5.74) is 2.24. The molecule has 0 unspecified atom stereocenters. The van der Waals surface area contributed by atoms with E-state index in [1.807, 2.05) is 4.68 Å². The number of rotatable bonds is 5. The van der Waals surface area contributed by atoms with Crippen LogP contribution in [-0.2, 0) is 13.0 Å². The predicted molar refractivity (Wildman–Crippen MR) is 66.8 cm³/mol. The Kier molecular flexibility index (Phi) is 4.39. The summed E-state index contributed by atoms with van der Waals surface area (Å²) in [6.45, 7) is 11.7.